The van der Waals surface area contributed by atoms with E-state index in [0.29, 0.717) is 16.2 Å². The van der Waals surface area contributed by atoms with Crippen LogP contribution in [-0.4, -0.2) is 11.1 Å². The van der Waals surface area contributed by atoms with E-state index >= 15 is 0 Å². The fraction of sp³-hybridized carbons (Fsp3) is 0.100. The van der Waals surface area contributed by atoms with Crippen molar-refractivity contribution in [2.75, 3.05) is 0 Å². The van der Waals surface area contributed by atoms with E-state index in [2.05, 4.69) is 0 Å². The van der Waals surface area contributed by atoms with Gasteiger partial charge in [0.2, 0.25) is 0 Å². The molecular formula is C10H7ClO3. The van der Waals surface area contributed by atoms with Gasteiger partial charge < -0.3 is 9.52 Å². The van der Waals surface area contributed by atoms with Gasteiger partial charge in [0.05, 0.1) is 11.4 Å². The van der Waals surface area contributed by atoms with Crippen molar-refractivity contribution < 1.29 is 14.3 Å². The number of furan rings is 1. The summed E-state index contributed by atoms with van der Waals surface area (Å²) >= 11 is 5.84. The lowest BCUT2D eigenvalue weighted by Gasteiger charge is -1.96. The number of carboxylic acids is 1. The molecule has 0 radical (unpaired) electrons. The number of carboxylic acid groups (broad SMARTS) is 1. The summed E-state index contributed by atoms with van der Waals surface area (Å²) < 4.78 is 5.13. The number of aliphatic carboxylic acids is 1. The third-order valence-corrected chi connectivity index (χ3v) is 2.24. The van der Waals surface area contributed by atoms with Crippen LogP contribution in [0.3, 0.4) is 0 Å². The smallest absolute Gasteiger partial charge is 0.307 e. The van der Waals surface area contributed by atoms with Crippen molar-refractivity contribution in [1.29, 1.82) is 0 Å². The molecule has 3 nitrogen and oxygen atoms in total. The van der Waals surface area contributed by atoms with Crippen molar-refractivity contribution in [3.05, 3.63) is 35.0 Å². The lowest BCUT2D eigenvalue weighted by atomic mass is 10.1. The Kier molecular flexibility index (Phi) is 2.17. The maximum atomic E-state index is 10.5. The van der Waals surface area contributed by atoms with Crippen LogP contribution in [0.2, 0.25) is 5.02 Å². The molecule has 1 aromatic carbocycles. The summed E-state index contributed by atoms with van der Waals surface area (Å²) in [6.45, 7) is 0. The van der Waals surface area contributed by atoms with Crippen molar-refractivity contribution in [3.63, 3.8) is 0 Å². The first-order valence-electron chi connectivity index (χ1n) is 4.04. The molecule has 0 fully saturated rings. The maximum Gasteiger partial charge on any atom is 0.307 e. The predicted molar refractivity (Wildman–Crippen MR) is 52.6 cm³/mol. The summed E-state index contributed by atoms with van der Waals surface area (Å²) in [5.74, 6) is -0.857. The molecule has 4 heteroatoms. The van der Waals surface area contributed by atoms with E-state index in [1.807, 2.05) is 0 Å². The van der Waals surface area contributed by atoms with Crippen LogP contribution in [0.15, 0.2) is 28.9 Å². The second kappa shape index (κ2) is 3.35. The first-order valence-corrected chi connectivity index (χ1v) is 4.42. The minimum Gasteiger partial charge on any atom is -0.481 e. The van der Waals surface area contributed by atoms with Gasteiger partial charge in [-0.05, 0) is 17.7 Å². The molecule has 1 aromatic heterocycles. The SMILES string of the molecule is O=C(O)Cc1ccc2occ(Cl)c2c1. The van der Waals surface area contributed by atoms with E-state index in [9.17, 15) is 4.79 Å². The van der Waals surface area contributed by atoms with Crippen LogP contribution in [-0.2, 0) is 11.2 Å². The zero-order valence-corrected chi connectivity index (χ0v) is 7.91. The van der Waals surface area contributed by atoms with E-state index in [0.717, 1.165) is 5.39 Å². The first-order chi connectivity index (χ1) is 6.66. The molecule has 0 unspecified atom stereocenters. The fourth-order valence-electron chi connectivity index (χ4n) is 1.33. The number of benzene rings is 1. The molecule has 72 valence electrons. The quantitative estimate of drug-likeness (QED) is 0.829. The summed E-state index contributed by atoms with van der Waals surface area (Å²) in [6.07, 6.45) is 1.44. The number of halogens is 1. The van der Waals surface area contributed by atoms with E-state index in [1.54, 1.807) is 18.2 Å². The van der Waals surface area contributed by atoms with Gasteiger partial charge in [-0.25, -0.2) is 0 Å². The summed E-state index contributed by atoms with van der Waals surface area (Å²) in [5.41, 5.74) is 1.39. The number of carbonyl (C=O) groups is 1. The van der Waals surface area contributed by atoms with Gasteiger partial charge in [0.25, 0.3) is 0 Å². The normalized spacial score (nSPS) is 10.6. The standard InChI is InChI=1S/C10H7ClO3/c11-8-5-14-9-2-1-6(3-7(8)9)4-10(12)13/h1-3,5H,4H2,(H,12,13). The Bertz CT molecular complexity index is 487. The highest BCUT2D eigenvalue weighted by molar-refractivity contribution is 6.35. The summed E-state index contributed by atoms with van der Waals surface area (Å²) in [6, 6.07) is 5.17. The van der Waals surface area contributed by atoms with Crippen LogP contribution < -0.4 is 0 Å². The minimum atomic E-state index is -0.857. The largest absolute Gasteiger partial charge is 0.481 e. The van der Waals surface area contributed by atoms with Crippen LogP contribution in [0.25, 0.3) is 11.0 Å². The monoisotopic (exact) mass is 210 g/mol. The average Bonchev–Trinajstić information content (AvgIpc) is 2.47. The van der Waals surface area contributed by atoms with Gasteiger partial charge in [-0.1, -0.05) is 17.7 Å². The van der Waals surface area contributed by atoms with Gasteiger partial charge in [0.15, 0.2) is 0 Å². The Morgan fingerprint density at radius 2 is 2.29 bits per heavy atom. The van der Waals surface area contributed by atoms with Crippen molar-refractivity contribution >= 4 is 28.5 Å². The van der Waals surface area contributed by atoms with E-state index < -0.39 is 5.97 Å². The molecule has 0 spiro atoms. The third-order valence-electron chi connectivity index (χ3n) is 1.95. The molecule has 0 saturated carbocycles. The Hall–Kier alpha value is -1.48. The average molecular weight is 211 g/mol. The highest BCUT2D eigenvalue weighted by Crippen LogP contribution is 2.26. The lowest BCUT2D eigenvalue weighted by molar-refractivity contribution is -0.136. The summed E-state index contributed by atoms with van der Waals surface area (Å²) in [4.78, 5) is 10.5. The molecule has 2 aromatic rings. The van der Waals surface area contributed by atoms with Crippen molar-refractivity contribution in [2.45, 2.75) is 6.42 Å². The van der Waals surface area contributed by atoms with Gasteiger partial charge in [-0.15, -0.1) is 0 Å². The molecule has 0 aliphatic heterocycles. The van der Waals surface area contributed by atoms with Crippen LogP contribution in [0.4, 0.5) is 0 Å². The van der Waals surface area contributed by atoms with Crippen LogP contribution in [0.5, 0.6) is 0 Å². The summed E-state index contributed by atoms with van der Waals surface area (Å²) in [5, 5.41) is 9.86. The second-order valence-electron chi connectivity index (χ2n) is 2.98. The highest BCUT2D eigenvalue weighted by atomic mass is 35.5. The van der Waals surface area contributed by atoms with Gasteiger partial charge in [0, 0.05) is 5.39 Å². The van der Waals surface area contributed by atoms with E-state index in [4.69, 9.17) is 21.1 Å². The topological polar surface area (TPSA) is 50.4 Å². The van der Waals surface area contributed by atoms with Crippen LogP contribution >= 0.6 is 11.6 Å². The first kappa shape index (κ1) is 9.09. The maximum absolute atomic E-state index is 10.5. The number of hydrogen-bond acceptors (Lipinski definition) is 2. The lowest BCUT2D eigenvalue weighted by Crippen LogP contribution is -1.99. The Morgan fingerprint density at radius 1 is 1.50 bits per heavy atom. The van der Waals surface area contributed by atoms with Gasteiger partial charge in [0.1, 0.15) is 11.8 Å². The molecule has 0 bridgehead atoms. The van der Waals surface area contributed by atoms with E-state index in [-0.39, 0.29) is 6.42 Å². The molecule has 0 amide bonds. The van der Waals surface area contributed by atoms with E-state index in [1.165, 1.54) is 6.26 Å². The van der Waals surface area contributed by atoms with Crippen molar-refractivity contribution in [3.8, 4) is 0 Å². The molecule has 2 rings (SSSR count). The van der Waals surface area contributed by atoms with Gasteiger partial charge in [-0.3, -0.25) is 4.79 Å². The van der Waals surface area contributed by atoms with Crippen molar-refractivity contribution in [2.24, 2.45) is 0 Å². The Morgan fingerprint density at radius 3 is 3.00 bits per heavy atom. The summed E-state index contributed by atoms with van der Waals surface area (Å²) in [7, 11) is 0. The molecule has 0 saturated heterocycles. The third kappa shape index (κ3) is 1.59. The molecule has 14 heavy (non-hydrogen) atoms. The molecular weight excluding hydrogens is 204 g/mol. The predicted octanol–water partition coefficient (Wildman–Crippen LogP) is 2.71. The number of fused-ring (bicyclic) bond motifs is 1. The Labute approximate surface area is 84.9 Å². The molecule has 0 aliphatic carbocycles. The second-order valence-corrected chi connectivity index (χ2v) is 3.39. The van der Waals surface area contributed by atoms with Gasteiger partial charge >= 0.3 is 5.97 Å². The highest BCUT2D eigenvalue weighted by Gasteiger charge is 2.06. The molecule has 0 aliphatic rings. The zero-order chi connectivity index (χ0) is 10.1. The molecule has 0 atom stereocenters. The fourth-order valence-corrected chi connectivity index (χ4v) is 1.52. The number of hydrogen-bond donors (Lipinski definition) is 1. The van der Waals surface area contributed by atoms with Crippen LogP contribution in [0, 0.1) is 0 Å². The van der Waals surface area contributed by atoms with Crippen LogP contribution in [0.1, 0.15) is 5.56 Å². The van der Waals surface area contributed by atoms with Crippen molar-refractivity contribution in [1.82, 2.24) is 0 Å². The Balaban J connectivity index is 2.49. The zero-order valence-electron chi connectivity index (χ0n) is 7.16. The molecule has 1 heterocycles. The van der Waals surface area contributed by atoms with Gasteiger partial charge in [-0.2, -0.15) is 0 Å². The minimum absolute atomic E-state index is 0.00253. The molecule has 1 N–H and O–H groups in total. The number of rotatable bonds is 2.